The number of hydrogen-bond acceptors (Lipinski definition) is 1. The van der Waals surface area contributed by atoms with Gasteiger partial charge in [0, 0.05) is 17.1 Å². The summed E-state index contributed by atoms with van der Waals surface area (Å²) < 4.78 is 13.7. The second kappa shape index (κ2) is 4.01. The molecule has 0 spiro atoms. The molecule has 0 atom stereocenters. The summed E-state index contributed by atoms with van der Waals surface area (Å²) in [4.78, 5) is 14.9. The SMILES string of the molecule is CC(C)c1cc(=O)c2cc(Br)c(F)cc2[nH]1. The van der Waals surface area contributed by atoms with E-state index in [4.69, 9.17) is 0 Å². The number of hydrogen-bond donors (Lipinski definition) is 1. The maximum absolute atomic E-state index is 13.3. The molecule has 0 aliphatic rings. The third kappa shape index (κ3) is 1.89. The Bertz CT molecular complexity index is 604. The summed E-state index contributed by atoms with van der Waals surface area (Å²) in [5.74, 6) is -0.159. The lowest BCUT2D eigenvalue weighted by molar-refractivity contribution is 0.622. The zero-order valence-electron chi connectivity index (χ0n) is 8.97. The summed E-state index contributed by atoms with van der Waals surface area (Å²) >= 11 is 3.07. The van der Waals surface area contributed by atoms with Crippen molar-refractivity contribution in [2.24, 2.45) is 0 Å². The van der Waals surface area contributed by atoms with Gasteiger partial charge in [-0.2, -0.15) is 0 Å². The third-order valence-electron chi connectivity index (χ3n) is 2.51. The Hall–Kier alpha value is -1.16. The summed E-state index contributed by atoms with van der Waals surface area (Å²) in [5.41, 5.74) is 1.27. The molecule has 2 rings (SSSR count). The monoisotopic (exact) mass is 283 g/mol. The van der Waals surface area contributed by atoms with Gasteiger partial charge < -0.3 is 4.98 Å². The number of pyridine rings is 1. The van der Waals surface area contributed by atoms with Crippen molar-refractivity contribution in [2.75, 3.05) is 0 Å². The highest BCUT2D eigenvalue weighted by Gasteiger charge is 2.08. The van der Waals surface area contributed by atoms with Gasteiger partial charge in [0.15, 0.2) is 5.43 Å². The van der Waals surface area contributed by atoms with Crippen molar-refractivity contribution in [3.05, 3.63) is 44.4 Å². The Morgan fingerprint density at radius 3 is 2.62 bits per heavy atom. The first-order valence-corrected chi connectivity index (χ1v) is 5.80. The molecule has 1 heterocycles. The van der Waals surface area contributed by atoms with Gasteiger partial charge >= 0.3 is 0 Å². The Labute approximate surface area is 101 Å². The highest BCUT2D eigenvalue weighted by atomic mass is 79.9. The fourth-order valence-corrected chi connectivity index (χ4v) is 1.92. The Morgan fingerprint density at radius 2 is 2.00 bits per heavy atom. The quantitative estimate of drug-likeness (QED) is 0.853. The van der Waals surface area contributed by atoms with Gasteiger partial charge in [-0.3, -0.25) is 4.79 Å². The summed E-state index contributed by atoms with van der Waals surface area (Å²) in [5, 5.41) is 0.498. The van der Waals surface area contributed by atoms with Crippen LogP contribution in [-0.4, -0.2) is 4.98 Å². The van der Waals surface area contributed by atoms with Gasteiger partial charge in [-0.05, 0) is 34.0 Å². The Kier molecular flexibility index (Phi) is 2.84. The van der Waals surface area contributed by atoms with Crippen LogP contribution >= 0.6 is 15.9 Å². The van der Waals surface area contributed by atoms with Crippen LogP contribution in [0.15, 0.2) is 27.5 Å². The Morgan fingerprint density at radius 1 is 1.31 bits per heavy atom. The van der Waals surface area contributed by atoms with Crippen LogP contribution in [0, 0.1) is 5.82 Å². The molecule has 84 valence electrons. The van der Waals surface area contributed by atoms with Crippen molar-refractivity contribution in [3.8, 4) is 0 Å². The molecule has 0 radical (unpaired) electrons. The minimum Gasteiger partial charge on any atom is -0.358 e. The van der Waals surface area contributed by atoms with E-state index in [1.54, 1.807) is 6.07 Å². The summed E-state index contributed by atoms with van der Waals surface area (Å²) in [6, 6.07) is 4.41. The van der Waals surface area contributed by atoms with Crippen LogP contribution in [0.2, 0.25) is 0 Å². The first-order chi connectivity index (χ1) is 7.49. The lowest BCUT2D eigenvalue weighted by atomic mass is 10.1. The van der Waals surface area contributed by atoms with Crippen LogP contribution in [0.25, 0.3) is 10.9 Å². The number of halogens is 2. The molecule has 0 amide bonds. The lowest BCUT2D eigenvalue weighted by Gasteiger charge is -2.07. The number of fused-ring (bicyclic) bond motifs is 1. The topological polar surface area (TPSA) is 32.9 Å². The van der Waals surface area contributed by atoms with Crippen LogP contribution < -0.4 is 5.43 Å². The average Bonchev–Trinajstić information content (AvgIpc) is 2.20. The van der Waals surface area contributed by atoms with E-state index in [0.717, 1.165) is 5.69 Å². The van der Waals surface area contributed by atoms with Gasteiger partial charge in [0.2, 0.25) is 0 Å². The Balaban J connectivity index is 2.82. The van der Waals surface area contributed by atoms with E-state index < -0.39 is 0 Å². The van der Waals surface area contributed by atoms with Crippen molar-refractivity contribution in [1.82, 2.24) is 4.98 Å². The van der Waals surface area contributed by atoms with Crippen molar-refractivity contribution in [3.63, 3.8) is 0 Å². The number of rotatable bonds is 1. The minimum absolute atomic E-state index is 0.0850. The van der Waals surface area contributed by atoms with E-state index >= 15 is 0 Å². The maximum atomic E-state index is 13.3. The maximum Gasteiger partial charge on any atom is 0.189 e. The van der Waals surface area contributed by atoms with Gasteiger partial charge in [0.05, 0.1) is 9.99 Å². The normalized spacial score (nSPS) is 11.3. The molecule has 0 aliphatic carbocycles. The molecule has 1 N–H and O–H groups in total. The molecule has 0 saturated heterocycles. The van der Waals surface area contributed by atoms with Gasteiger partial charge in [0.1, 0.15) is 5.82 Å². The molecule has 1 aromatic heterocycles. The molecule has 2 aromatic rings. The van der Waals surface area contributed by atoms with E-state index in [2.05, 4.69) is 20.9 Å². The number of H-pyrrole nitrogens is 1. The molecule has 0 fully saturated rings. The smallest absolute Gasteiger partial charge is 0.189 e. The van der Waals surface area contributed by atoms with Gasteiger partial charge in [-0.25, -0.2) is 4.39 Å². The fourth-order valence-electron chi connectivity index (χ4n) is 1.58. The van der Waals surface area contributed by atoms with Crippen LogP contribution in [0.5, 0.6) is 0 Å². The van der Waals surface area contributed by atoms with Gasteiger partial charge in [-0.1, -0.05) is 13.8 Å². The molecule has 16 heavy (non-hydrogen) atoms. The first kappa shape index (κ1) is 11.3. The lowest BCUT2D eigenvalue weighted by Crippen LogP contribution is -2.06. The van der Waals surface area contributed by atoms with Crippen molar-refractivity contribution in [1.29, 1.82) is 0 Å². The molecule has 0 unspecified atom stereocenters. The van der Waals surface area contributed by atoms with E-state index in [1.807, 2.05) is 13.8 Å². The standard InChI is InChI=1S/C12H11BrFNO/c1-6(2)10-5-12(16)7-3-8(13)9(14)4-11(7)15-10/h3-6H,1-2H3,(H,15,16). The molecule has 1 aromatic carbocycles. The van der Waals surface area contributed by atoms with E-state index in [0.29, 0.717) is 15.4 Å². The van der Waals surface area contributed by atoms with Crippen LogP contribution in [0.4, 0.5) is 4.39 Å². The van der Waals surface area contributed by atoms with E-state index in [-0.39, 0.29) is 17.2 Å². The highest BCUT2D eigenvalue weighted by Crippen LogP contribution is 2.21. The van der Waals surface area contributed by atoms with E-state index in [1.165, 1.54) is 12.1 Å². The van der Waals surface area contributed by atoms with Gasteiger partial charge in [-0.15, -0.1) is 0 Å². The molecule has 0 bridgehead atoms. The highest BCUT2D eigenvalue weighted by molar-refractivity contribution is 9.10. The molecular formula is C12H11BrFNO. The zero-order valence-corrected chi connectivity index (χ0v) is 10.6. The second-order valence-electron chi connectivity index (χ2n) is 4.06. The zero-order chi connectivity index (χ0) is 11.9. The first-order valence-electron chi connectivity index (χ1n) is 5.01. The molecule has 4 heteroatoms. The average molecular weight is 284 g/mol. The molecule has 0 saturated carbocycles. The predicted octanol–water partition coefficient (Wildman–Crippen LogP) is 3.55. The van der Waals surface area contributed by atoms with Crippen LogP contribution in [-0.2, 0) is 0 Å². The summed E-state index contributed by atoms with van der Waals surface area (Å²) in [7, 11) is 0. The predicted molar refractivity (Wildman–Crippen MR) is 66.3 cm³/mol. The van der Waals surface area contributed by atoms with Crippen molar-refractivity contribution in [2.45, 2.75) is 19.8 Å². The number of aromatic amines is 1. The number of benzene rings is 1. The summed E-state index contributed by atoms with van der Waals surface area (Å²) in [6.45, 7) is 3.96. The van der Waals surface area contributed by atoms with Crippen LogP contribution in [0.3, 0.4) is 0 Å². The minimum atomic E-state index is -0.371. The molecule has 0 aliphatic heterocycles. The molecular weight excluding hydrogens is 273 g/mol. The summed E-state index contributed by atoms with van der Waals surface area (Å²) in [6.07, 6.45) is 0. The number of aromatic nitrogens is 1. The van der Waals surface area contributed by atoms with Gasteiger partial charge in [0.25, 0.3) is 0 Å². The molecule has 2 nitrogen and oxygen atoms in total. The van der Waals surface area contributed by atoms with Crippen LogP contribution in [0.1, 0.15) is 25.5 Å². The van der Waals surface area contributed by atoms with Crippen molar-refractivity contribution >= 4 is 26.8 Å². The number of nitrogens with one attached hydrogen (secondary N) is 1. The third-order valence-corrected chi connectivity index (χ3v) is 3.12. The largest absolute Gasteiger partial charge is 0.358 e. The van der Waals surface area contributed by atoms with Crippen molar-refractivity contribution < 1.29 is 4.39 Å². The second-order valence-corrected chi connectivity index (χ2v) is 4.91. The fraction of sp³-hybridized carbons (Fsp3) is 0.250. The van der Waals surface area contributed by atoms with E-state index in [9.17, 15) is 9.18 Å².